The predicted octanol–water partition coefficient (Wildman–Crippen LogP) is 2.41. The normalized spacial score (nSPS) is 14.8. The van der Waals surface area contributed by atoms with Crippen molar-refractivity contribution in [3.63, 3.8) is 0 Å². The number of piperazine rings is 1. The highest BCUT2D eigenvalue weighted by atomic mass is 32.1. The summed E-state index contributed by atoms with van der Waals surface area (Å²) in [4.78, 5) is 0. The molecular formula is C21H28N6S2. The quantitative estimate of drug-likeness (QED) is 0.542. The number of nitrogens with zero attached hydrogens (tertiary/aromatic N) is 2. The largest absolute Gasteiger partial charge is 0.365 e. The minimum Gasteiger partial charge on any atom is -0.365 e. The van der Waals surface area contributed by atoms with Crippen molar-refractivity contribution >= 4 is 40.3 Å². The van der Waals surface area contributed by atoms with E-state index in [0.29, 0.717) is 10.2 Å². The second-order valence-electron chi connectivity index (χ2n) is 7.09. The van der Waals surface area contributed by atoms with Crippen LogP contribution in [0.1, 0.15) is 16.7 Å². The van der Waals surface area contributed by atoms with E-state index < -0.39 is 0 Å². The molecule has 8 heteroatoms. The van der Waals surface area contributed by atoms with Crippen LogP contribution in [0.4, 0.5) is 5.69 Å². The van der Waals surface area contributed by atoms with Crippen molar-refractivity contribution < 1.29 is 0 Å². The van der Waals surface area contributed by atoms with Gasteiger partial charge in [0.05, 0.1) is 0 Å². The third-order valence-electron chi connectivity index (χ3n) is 4.77. The van der Waals surface area contributed by atoms with Gasteiger partial charge in [-0.15, -0.1) is 0 Å². The van der Waals surface area contributed by atoms with E-state index in [1.54, 1.807) is 0 Å². The summed E-state index contributed by atoms with van der Waals surface area (Å²) in [5.41, 5.74) is 11.3. The third kappa shape index (κ3) is 6.93. The van der Waals surface area contributed by atoms with E-state index in [4.69, 9.17) is 24.4 Å². The Morgan fingerprint density at radius 1 is 0.793 bits per heavy atom. The fourth-order valence-corrected chi connectivity index (χ4v) is 3.46. The molecule has 2 aromatic carbocycles. The lowest BCUT2D eigenvalue weighted by molar-refractivity contribution is 0.0946. The molecule has 2 aromatic rings. The molecule has 3 rings (SSSR count). The van der Waals surface area contributed by atoms with Crippen molar-refractivity contribution in [3.05, 3.63) is 65.2 Å². The monoisotopic (exact) mass is 428 g/mol. The molecule has 0 aliphatic carbocycles. The zero-order chi connectivity index (χ0) is 20.6. The Balaban J connectivity index is 1.42. The number of benzene rings is 2. The topological polar surface area (TPSA) is 54.6 Å². The molecular weight excluding hydrogens is 400 g/mol. The SMILES string of the molecule is CNC(=S)NN1CCN(NC(=S)Nc2ccc(Cc3ccc(C)cc3)cc2)CC1. The zero-order valence-electron chi connectivity index (χ0n) is 16.9. The summed E-state index contributed by atoms with van der Waals surface area (Å²) in [5.74, 6) is 0. The number of anilines is 1. The molecule has 0 bridgehead atoms. The highest BCUT2D eigenvalue weighted by Gasteiger charge is 2.17. The first-order chi connectivity index (χ1) is 14.0. The van der Waals surface area contributed by atoms with Crippen LogP contribution in [0.2, 0.25) is 0 Å². The van der Waals surface area contributed by atoms with Gasteiger partial charge in [0.25, 0.3) is 0 Å². The molecule has 0 spiro atoms. The van der Waals surface area contributed by atoms with Crippen LogP contribution in [-0.4, -0.2) is 53.5 Å². The average Bonchev–Trinajstić information content (AvgIpc) is 2.72. The Bertz CT molecular complexity index is 814. The molecule has 1 aliphatic rings. The number of thiocarbonyl (C=S) groups is 2. The molecule has 0 unspecified atom stereocenters. The molecule has 0 atom stereocenters. The molecule has 1 heterocycles. The van der Waals surface area contributed by atoms with Crippen LogP contribution in [-0.2, 0) is 6.42 Å². The number of hydrogen-bond donors (Lipinski definition) is 4. The van der Waals surface area contributed by atoms with Gasteiger partial charge in [-0.1, -0.05) is 42.0 Å². The molecule has 4 N–H and O–H groups in total. The molecule has 1 fully saturated rings. The fourth-order valence-electron chi connectivity index (χ4n) is 3.08. The van der Waals surface area contributed by atoms with E-state index in [0.717, 1.165) is 38.3 Å². The summed E-state index contributed by atoms with van der Waals surface area (Å²) < 4.78 is 0. The minimum atomic E-state index is 0.600. The van der Waals surface area contributed by atoms with Crippen molar-refractivity contribution in [2.24, 2.45) is 0 Å². The molecule has 0 amide bonds. The zero-order valence-corrected chi connectivity index (χ0v) is 18.5. The average molecular weight is 429 g/mol. The summed E-state index contributed by atoms with van der Waals surface area (Å²) in [6.07, 6.45) is 0.929. The van der Waals surface area contributed by atoms with E-state index in [2.05, 4.69) is 87.0 Å². The fraction of sp³-hybridized carbons (Fsp3) is 0.333. The van der Waals surface area contributed by atoms with Crippen LogP contribution in [0.3, 0.4) is 0 Å². The van der Waals surface area contributed by atoms with Crippen LogP contribution in [0.25, 0.3) is 0 Å². The molecule has 1 saturated heterocycles. The molecule has 0 saturated carbocycles. The van der Waals surface area contributed by atoms with Gasteiger partial charge >= 0.3 is 0 Å². The molecule has 29 heavy (non-hydrogen) atoms. The standard InChI is InChI=1S/C21H28N6S2/c1-16-3-5-17(6-4-16)15-18-7-9-19(10-8-18)23-21(29)25-27-13-11-26(12-14-27)24-20(28)22-2/h3-10H,11-15H2,1-2H3,(H2,22,24,28)(H2,23,25,29). The van der Waals surface area contributed by atoms with Gasteiger partial charge < -0.3 is 10.6 Å². The first-order valence-electron chi connectivity index (χ1n) is 9.72. The van der Waals surface area contributed by atoms with Gasteiger partial charge in [0.2, 0.25) is 0 Å². The Hall–Kier alpha value is -2.26. The Morgan fingerprint density at radius 2 is 1.28 bits per heavy atom. The Kier molecular flexibility index (Phi) is 7.76. The van der Waals surface area contributed by atoms with Crippen LogP contribution < -0.4 is 21.5 Å². The van der Waals surface area contributed by atoms with Gasteiger partial charge in [0.1, 0.15) is 0 Å². The van der Waals surface area contributed by atoms with Crippen molar-refractivity contribution in [3.8, 4) is 0 Å². The Labute approximate surface area is 183 Å². The van der Waals surface area contributed by atoms with E-state index in [-0.39, 0.29) is 0 Å². The lowest BCUT2D eigenvalue weighted by Gasteiger charge is -2.35. The molecule has 0 aromatic heterocycles. The smallest absolute Gasteiger partial charge is 0.185 e. The maximum absolute atomic E-state index is 5.46. The highest BCUT2D eigenvalue weighted by Crippen LogP contribution is 2.14. The number of nitrogens with one attached hydrogen (secondary N) is 4. The summed E-state index contributed by atoms with van der Waals surface area (Å²) in [6, 6.07) is 17.1. The first kappa shape index (κ1) is 21.4. The van der Waals surface area contributed by atoms with Crippen LogP contribution in [0, 0.1) is 6.92 Å². The maximum atomic E-state index is 5.46. The second-order valence-corrected chi connectivity index (χ2v) is 7.91. The van der Waals surface area contributed by atoms with E-state index in [1.807, 2.05) is 7.05 Å². The lowest BCUT2D eigenvalue weighted by Crippen LogP contribution is -2.59. The van der Waals surface area contributed by atoms with Crippen LogP contribution >= 0.6 is 24.4 Å². The third-order valence-corrected chi connectivity index (χ3v) is 5.26. The minimum absolute atomic E-state index is 0.600. The first-order valence-corrected chi connectivity index (χ1v) is 10.5. The molecule has 1 aliphatic heterocycles. The molecule has 154 valence electrons. The maximum Gasteiger partial charge on any atom is 0.185 e. The number of rotatable bonds is 5. The van der Waals surface area contributed by atoms with Gasteiger partial charge in [0.15, 0.2) is 10.2 Å². The molecule has 0 radical (unpaired) electrons. The second kappa shape index (κ2) is 10.5. The van der Waals surface area contributed by atoms with Crippen LogP contribution in [0.15, 0.2) is 48.5 Å². The summed E-state index contributed by atoms with van der Waals surface area (Å²) in [6.45, 7) is 5.50. The lowest BCUT2D eigenvalue weighted by atomic mass is 10.0. The highest BCUT2D eigenvalue weighted by molar-refractivity contribution is 7.80. The van der Waals surface area contributed by atoms with Gasteiger partial charge in [-0.25, -0.2) is 10.0 Å². The van der Waals surface area contributed by atoms with E-state index in [9.17, 15) is 0 Å². The van der Waals surface area contributed by atoms with Gasteiger partial charge in [0, 0.05) is 38.9 Å². The summed E-state index contributed by atoms with van der Waals surface area (Å²) in [7, 11) is 1.81. The van der Waals surface area contributed by atoms with E-state index >= 15 is 0 Å². The Morgan fingerprint density at radius 3 is 1.79 bits per heavy atom. The van der Waals surface area contributed by atoms with Crippen molar-refractivity contribution in [2.75, 3.05) is 38.5 Å². The predicted molar refractivity (Wildman–Crippen MR) is 128 cm³/mol. The number of aryl methyl sites for hydroxylation is 1. The molecule has 6 nitrogen and oxygen atoms in total. The van der Waals surface area contributed by atoms with Gasteiger partial charge in [-0.3, -0.25) is 10.9 Å². The van der Waals surface area contributed by atoms with Gasteiger partial charge in [-0.05, 0) is 61.0 Å². The summed E-state index contributed by atoms with van der Waals surface area (Å²) in [5, 5.41) is 11.6. The van der Waals surface area contributed by atoms with Gasteiger partial charge in [-0.2, -0.15) is 0 Å². The van der Waals surface area contributed by atoms with Crippen molar-refractivity contribution in [1.82, 2.24) is 26.2 Å². The van der Waals surface area contributed by atoms with Crippen LogP contribution in [0.5, 0.6) is 0 Å². The van der Waals surface area contributed by atoms with E-state index in [1.165, 1.54) is 16.7 Å². The number of hydrogen-bond acceptors (Lipinski definition) is 4. The van der Waals surface area contributed by atoms with Crippen molar-refractivity contribution in [2.45, 2.75) is 13.3 Å². The summed E-state index contributed by atoms with van der Waals surface area (Å²) >= 11 is 10.6. The van der Waals surface area contributed by atoms with Crippen molar-refractivity contribution in [1.29, 1.82) is 0 Å². The number of hydrazine groups is 2.